The van der Waals surface area contributed by atoms with E-state index in [1.807, 2.05) is 42.6 Å². The van der Waals surface area contributed by atoms with Crippen molar-refractivity contribution in [2.75, 3.05) is 55.0 Å². The van der Waals surface area contributed by atoms with E-state index in [9.17, 15) is 0 Å². The minimum absolute atomic E-state index is 0.782. The number of pyridine rings is 1. The van der Waals surface area contributed by atoms with Crippen molar-refractivity contribution in [1.29, 1.82) is 0 Å². The molecule has 7 nitrogen and oxygen atoms in total. The maximum Gasteiger partial charge on any atom is 0.134 e. The molecule has 0 atom stereocenters. The van der Waals surface area contributed by atoms with Gasteiger partial charge in [0.2, 0.25) is 0 Å². The van der Waals surface area contributed by atoms with Gasteiger partial charge in [0, 0.05) is 45.0 Å². The van der Waals surface area contributed by atoms with Crippen LogP contribution in [0.5, 0.6) is 5.75 Å². The first-order valence-electron chi connectivity index (χ1n) is 9.92. The first kappa shape index (κ1) is 19.0. The largest absolute Gasteiger partial charge is 0.496 e. The minimum atomic E-state index is 0.782. The average Bonchev–Trinajstić information content (AvgIpc) is 2.80. The summed E-state index contributed by atoms with van der Waals surface area (Å²) in [5, 5.41) is 3.40. The molecule has 1 aliphatic heterocycles. The van der Waals surface area contributed by atoms with E-state index in [0.29, 0.717) is 0 Å². The Labute approximate surface area is 171 Å². The van der Waals surface area contributed by atoms with Gasteiger partial charge < -0.3 is 19.9 Å². The zero-order chi connectivity index (χ0) is 19.9. The third-order valence-electron chi connectivity index (χ3n) is 5.12. The summed E-state index contributed by atoms with van der Waals surface area (Å²) in [7, 11) is 1.70. The average molecular weight is 390 g/mol. The standard InChI is InChI=1S/C22H26N6O/c1-29-19-7-3-2-6-18(19)9-11-23-20-16-22(26-17-25-20)28-14-12-27(13-15-28)21-8-4-5-10-24-21/h2-8,10,16-17H,9,11-15H2,1H3,(H,23,25,26). The highest BCUT2D eigenvalue weighted by Crippen LogP contribution is 2.20. The van der Waals surface area contributed by atoms with Crippen LogP contribution in [0, 0.1) is 0 Å². The molecule has 150 valence electrons. The smallest absolute Gasteiger partial charge is 0.134 e. The fraction of sp³-hybridized carbons (Fsp3) is 0.318. The summed E-state index contributed by atoms with van der Waals surface area (Å²) in [6, 6.07) is 16.2. The zero-order valence-corrected chi connectivity index (χ0v) is 16.7. The highest BCUT2D eigenvalue weighted by Gasteiger charge is 2.19. The van der Waals surface area contributed by atoms with E-state index in [-0.39, 0.29) is 0 Å². The van der Waals surface area contributed by atoms with Gasteiger partial charge in [-0.25, -0.2) is 15.0 Å². The highest BCUT2D eigenvalue weighted by atomic mass is 16.5. The second-order valence-corrected chi connectivity index (χ2v) is 6.91. The molecule has 1 aromatic carbocycles. The summed E-state index contributed by atoms with van der Waals surface area (Å²) in [5.41, 5.74) is 1.18. The highest BCUT2D eigenvalue weighted by molar-refractivity contribution is 5.50. The summed E-state index contributed by atoms with van der Waals surface area (Å²) in [6.45, 7) is 4.46. The Morgan fingerprint density at radius 1 is 0.897 bits per heavy atom. The summed E-state index contributed by atoms with van der Waals surface area (Å²) in [6.07, 6.45) is 4.34. The number of piperazine rings is 1. The van der Waals surface area contributed by atoms with Gasteiger partial charge in [0.1, 0.15) is 29.5 Å². The second kappa shape index (κ2) is 9.23. The van der Waals surface area contributed by atoms with Gasteiger partial charge >= 0.3 is 0 Å². The number of hydrogen-bond donors (Lipinski definition) is 1. The molecule has 4 rings (SSSR count). The van der Waals surface area contributed by atoms with Gasteiger partial charge in [-0.3, -0.25) is 0 Å². The van der Waals surface area contributed by atoms with Crippen LogP contribution in [0.2, 0.25) is 0 Å². The monoisotopic (exact) mass is 390 g/mol. The van der Waals surface area contributed by atoms with Gasteiger partial charge in [-0.15, -0.1) is 0 Å². The van der Waals surface area contributed by atoms with Crippen LogP contribution in [0.3, 0.4) is 0 Å². The summed E-state index contributed by atoms with van der Waals surface area (Å²) >= 11 is 0. The van der Waals surface area contributed by atoms with Crippen molar-refractivity contribution < 1.29 is 4.74 Å². The Morgan fingerprint density at radius 2 is 1.66 bits per heavy atom. The third kappa shape index (κ3) is 4.74. The Kier molecular flexibility index (Phi) is 6.04. The molecule has 3 aromatic rings. The van der Waals surface area contributed by atoms with Gasteiger partial charge in [0.05, 0.1) is 7.11 Å². The van der Waals surface area contributed by atoms with Crippen LogP contribution in [0.15, 0.2) is 61.1 Å². The molecule has 0 aliphatic carbocycles. The van der Waals surface area contributed by atoms with Crippen LogP contribution in [-0.4, -0.2) is 54.8 Å². The van der Waals surface area contributed by atoms with E-state index < -0.39 is 0 Å². The number of hydrogen-bond acceptors (Lipinski definition) is 7. The molecule has 0 radical (unpaired) electrons. The topological polar surface area (TPSA) is 66.4 Å². The normalized spacial score (nSPS) is 14.0. The summed E-state index contributed by atoms with van der Waals surface area (Å²) in [5.74, 6) is 3.76. The van der Waals surface area contributed by atoms with Gasteiger partial charge in [-0.05, 0) is 30.2 Å². The molecule has 0 saturated carbocycles. The molecule has 0 bridgehead atoms. The summed E-state index contributed by atoms with van der Waals surface area (Å²) in [4.78, 5) is 17.9. The molecule has 0 amide bonds. The molecule has 0 unspecified atom stereocenters. The number of aromatic nitrogens is 3. The van der Waals surface area contributed by atoms with E-state index >= 15 is 0 Å². The van der Waals surface area contributed by atoms with E-state index in [0.717, 1.165) is 62.3 Å². The van der Waals surface area contributed by atoms with E-state index in [1.54, 1.807) is 13.4 Å². The van der Waals surface area contributed by atoms with Gasteiger partial charge in [-0.2, -0.15) is 0 Å². The molecule has 1 N–H and O–H groups in total. The number of benzene rings is 1. The molecule has 1 saturated heterocycles. The van der Waals surface area contributed by atoms with E-state index in [4.69, 9.17) is 4.74 Å². The third-order valence-corrected chi connectivity index (χ3v) is 5.12. The molecule has 1 aliphatic rings. The molecule has 0 spiro atoms. The zero-order valence-electron chi connectivity index (χ0n) is 16.7. The fourth-order valence-electron chi connectivity index (χ4n) is 3.56. The van der Waals surface area contributed by atoms with Crippen molar-refractivity contribution in [2.24, 2.45) is 0 Å². The van der Waals surface area contributed by atoms with Crippen molar-refractivity contribution in [2.45, 2.75) is 6.42 Å². The van der Waals surface area contributed by atoms with Crippen LogP contribution < -0.4 is 19.9 Å². The Bertz CT molecular complexity index is 912. The predicted molar refractivity (Wildman–Crippen MR) is 116 cm³/mol. The van der Waals surface area contributed by atoms with Crippen molar-refractivity contribution in [3.8, 4) is 5.75 Å². The van der Waals surface area contributed by atoms with Crippen LogP contribution in [0.1, 0.15) is 5.56 Å². The summed E-state index contributed by atoms with van der Waals surface area (Å²) < 4.78 is 5.42. The second-order valence-electron chi connectivity index (χ2n) is 6.91. The molecular formula is C22H26N6O. The van der Waals surface area contributed by atoms with Crippen LogP contribution in [0.4, 0.5) is 17.5 Å². The van der Waals surface area contributed by atoms with Crippen molar-refractivity contribution in [1.82, 2.24) is 15.0 Å². The number of methoxy groups -OCH3 is 1. The number of nitrogens with zero attached hydrogens (tertiary/aromatic N) is 5. The van der Waals surface area contributed by atoms with Crippen molar-refractivity contribution in [3.63, 3.8) is 0 Å². The Morgan fingerprint density at radius 3 is 2.41 bits per heavy atom. The fourth-order valence-corrected chi connectivity index (χ4v) is 3.56. The lowest BCUT2D eigenvalue weighted by Gasteiger charge is -2.36. The lowest BCUT2D eigenvalue weighted by Crippen LogP contribution is -2.47. The number of anilines is 3. The maximum atomic E-state index is 5.42. The number of rotatable bonds is 7. The molecule has 3 heterocycles. The molecule has 2 aromatic heterocycles. The SMILES string of the molecule is COc1ccccc1CCNc1cc(N2CCN(c3ccccn3)CC2)ncn1. The first-order chi connectivity index (χ1) is 14.3. The number of para-hydroxylation sites is 1. The van der Waals surface area contributed by atoms with Gasteiger partial charge in [0.15, 0.2) is 0 Å². The Hall–Kier alpha value is -3.35. The van der Waals surface area contributed by atoms with Gasteiger partial charge in [-0.1, -0.05) is 24.3 Å². The van der Waals surface area contributed by atoms with Crippen LogP contribution in [-0.2, 0) is 6.42 Å². The number of nitrogens with one attached hydrogen (secondary N) is 1. The predicted octanol–water partition coefficient (Wildman–Crippen LogP) is 2.86. The van der Waals surface area contributed by atoms with Crippen LogP contribution in [0.25, 0.3) is 0 Å². The minimum Gasteiger partial charge on any atom is -0.496 e. The Balaban J connectivity index is 1.32. The van der Waals surface area contributed by atoms with E-state index in [2.05, 4.69) is 42.2 Å². The molecular weight excluding hydrogens is 364 g/mol. The van der Waals surface area contributed by atoms with Crippen molar-refractivity contribution in [3.05, 3.63) is 66.6 Å². The quantitative estimate of drug-likeness (QED) is 0.665. The lowest BCUT2D eigenvalue weighted by atomic mass is 10.1. The molecule has 7 heteroatoms. The molecule has 1 fully saturated rings. The van der Waals surface area contributed by atoms with Gasteiger partial charge in [0.25, 0.3) is 0 Å². The maximum absolute atomic E-state index is 5.42. The van der Waals surface area contributed by atoms with Crippen LogP contribution >= 0.6 is 0 Å². The first-order valence-corrected chi connectivity index (χ1v) is 9.92. The van der Waals surface area contributed by atoms with Crippen molar-refractivity contribution >= 4 is 17.5 Å². The molecule has 29 heavy (non-hydrogen) atoms. The number of ether oxygens (including phenoxy) is 1. The van der Waals surface area contributed by atoms with E-state index in [1.165, 1.54) is 5.56 Å². The lowest BCUT2D eigenvalue weighted by molar-refractivity contribution is 0.410.